The third-order valence-corrected chi connectivity index (χ3v) is 14.7. The van der Waals surface area contributed by atoms with E-state index >= 15 is 0 Å². The van der Waals surface area contributed by atoms with Crippen LogP contribution in [0, 0.1) is 17.3 Å². The van der Waals surface area contributed by atoms with Crippen LogP contribution in [0.25, 0.3) is 0 Å². The van der Waals surface area contributed by atoms with Crippen molar-refractivity contribution < 1.29 is 23.8 Å². The Morgan fingerprint density at radius 1 is 0.886 bits per heavy atom. The van der Waals surface area contributed by atoms with Gasteiger partial charge in [0.15, 0.2) is 0 Å². The standard InChI is InChI=1S/C36H44N2O5Si/c1-6-22-44(4,5)36-31(35(36,3)25-41-24-27-16-10-7-11-17-27)23-30(42-33(39)37-28-18-12-8-13-19-28)26(2)32(36)43-34(40)38-29-20-14-9-15-21-29/h6-21,26,30-32H,1,22-25H2,2-5H3,(H,37,39)(H,38,40)/t26-,30-,31?,32+,35?,36+/m0/s1. The minimum Gasteiger partial charge on any atom is -0.446 e. The van der Waals surface area contributed by atoms with Gasteiger partial charge in [0.2, 0.25) is 0 Å². The molecule has 5 rings (SSSR count). The van der Waals surface area contributed by atoms with E-state index in [1.54, 1.807) is 0 Å². The first-order valence-electron chi connectivity index (χ1n) is 15.4. The number of amides is 2. The summed E-state index contributed by atoms with van der Waals surface area (Å²) in [7, 11) is -2.17. The monoisotopic (exact) mass is 612 g/mol. The lowest BCUT2D eigenvalue weighted by atomic mass is 9.84. The molecule has 0 bridgehead atoms. The van der Waals surface area contributed by atoms with E-state index < -0.39 is 32.5 Å². The van der Waals surface area contributed by atoms with Crippen molar-refractivity contribution in [1.29, 1.82) is 0 Å². The average molecular weight is 613 g/mol. The fourth-order valence-electron chi connectivity index (χ4n) is 8.12. The van der Waals surface area contributed by atoms with Gasteiger partial charge in [0.1, 0.15) is 12.2 Å². The smallest absolute Gasteiger partial charge is 0.411 e. The Hall–Kier alpha value is -3.88. The van der Waals surface area contributed by atoms with Crippen LogP contribution in [0.4, 0.5) is 21.0 Å². The highest BCUT2D eigenvalue weighted by molar-refractivity contribution is 6.82. The number of carbonyl (C=O) groups is 2. The molecular formula is C36H44N2O5Si. The van der Waals surface area contributed by atoms with E-state index in [-0.39, 0.29) is 22.3 Å². The summed E-state index contributed by atoms with van der Waals surface area (Å²) in [6.07, 6.45) is 0.704. The molecule has 2 saturated carbocycles. The van der Waals surface area contributed by atoms with Gasteiger partial charge in [-0.05, 0) is 48.2 Å². The largest absolute Gasteiger partial charge is 0.446 e. The van der Waals surface area contributed by atoms with Gasteiger partial charge in [0, 0.05) is 27.7 Å². The number of carbonyl (C=O) groups excluding carboxylic acids is 2. The fourth-order valence-corrected chi connectivity index (χ4v) is 13.4. The first kappa shape index (κ1) is 31.5. The lowest BCUT2D eigenvalue weighted by Gasteiger charge is -2.47. The Morgan fingerprint density at radius 2 is 1.41 bits per heavy atom. The zero-order valence-corrected chi connectivity index (χ0v) is 27.1. The van der Waals surface area contributed by atoms with Crippen LogP contribution in [0.3, 0.4) is 0 Å². The number of para-hydroxylation sites is 2. The van der Waals surface area contributed by atoms with Crippen molar-refractivity contribution in [2.24, 2.45) is 17.3 Å². The summed E-state index contributed by atoms with van der Waals surface area (Å²) in [5.41, 5.74) is 2.14. The molecule has 44 heavy (non-hydrogen) atoms. The van der Waals surface area contributed by atoms with E-state index in [2.05, 4.69) is 49.4 Å². The zero-order chi connectivity index (χ0) is 31.4. The van der Waals surface area contributed by atoms with Crippen LogP contribution in [0.1, 0.15) is 25.8 Å². The average Bonchev–Trinajstić information content (AvgIpc) is 3.55. The minimum atomic E-state index is -2.17. The number of hydrogen-bond acceptors (Lipinski definition) is 5. The van der Waals surface area contributed by atoms with Gasteiger partial charge >= 0.3 is 12.2 Å². The molecule has 2 fully saturated rings. The van der Waals surface area contributed by atoms with Gasteiger partial charge in [0.25, 0.3) is 0 Å². The molecular weight excluding hydrogens is 568 g/mol. The molecule has 7 nitrogen and oxygen atoms in total. The van der Waals surface area contributed by atoms with E-state index in [1.165, 1.54) is 0 Å². The molecule has 0 spiro atoms. The number of benzene rings is 3. The highest BCUT2D eigenvalue weighted by atomic mass is 28.3. The molecule has 0 aliphatic heterocycles. The molecule has 2 unspecified atom stereocenters. The van der Waals surface area contributed by atoms with E-state index in [9.17, 15) is 9.59 Å². The number of ether oxygens (including phenoxy) is 3. The van der Waals surface area contributed by atoms with Crippen LogP contribution in [-0.2, 0) is 20.8 Å². The summed E-state index contributed by atoms with van der Waals surface area (Å²) in [5, 5.41) is 5.45. The molecule has 2 amide bonds. The van der Waals surface area contributed by atoms with Crippen LogP contribution in [0.2, 0.25) is 24.2 Å². The van der Waals surface area contributed by atoms with Crippen LogP contribution >= 0.6 is 0 Å². The van der Waals surface area contributed by atoms with Crippen molar-refractivity contribution in [3.05, 3.63) is 109 Å². The Balaban J connectivity index is 1.45. The SMILES string of the molecule is C=CC[Si](C)(C)[C@]12C(C[C@H](OC(=O)Nc3ccccc3)[C@H](C)[C@H]1OC(=O)Nc1ccccc1)C2(C)COCc1ccccc1. The van der Waals surface area contributed by atoms with E-state index in [4.69, 9.17) is 14.2 Å². The first-order valence-corrected chi connectivity index (χ1v) is 18.6. The molecule has 2 aliphatic rings. The number of rotatable bonds is 11. The lowest BCUT2D eigenvalue weighted by Crippen LogP contribution is -2.54. The highest BCUT2D eigenvalue weighted by Gasteiger charge is 2.85. The molecule has 0 aromatic heterocycles. The third-order valence-electron chi connectivity index (χ3n) is 9.98. The molecule has 8 heteroatoms. The van der Waals surface area contributed by atoms with Crippen molar-refractivity contribution in [2.45, 2.75) is 63.3 Å². The highest BCUT2D eigenvalue weighted by Crippen LogP contribution is 2.85. The maximum Gasteiger partial charge on any atom is 0.411 e. The molecule has 2 aliphatic carbocycles. The summed E-state index contributed by atoms with van der Waals surface area (Å²) in [6.45, 7) is 14.2. The number of fused-ring (bicyclic) bond motifs is 1. The van der Waals surface area contributed by atoms with E-state index in [1.807, 2.05) is 91.9 Å². The maximum atomic E-state index is 13.5. The van der Waals surface area contributed by atoms with Crippen LogP contribution in [0.15, 0.2) is 104 Å². The number of allylic oxidation sites excluding steroid dienone is 1. The summed E-state index contributed by atoms with van der Waals surface area (Å²) in [4.78, 5) is 26.6. The number of hydrogen-bond donors (Lipinski definition) is 2. The van der Waals surface area contributed by atoms with Crippen LogP contribution < -0.4 is 10.6 Å². The van der Waals surface area contributed by atoms with Crippen molar-refractivity contribution in [3.8, 4) is 0 Å². The maximum absolute atomic E-state index is 13.5. The number of anilines is 2. The van der Waals surface area contributed by atoms with Gasteiger partial charge in [-0.15, -0.1) is 6.58 Å². The zero-order valence-electron chi connectivity index (χ0n) is 26.1. The molecule has 3 aromatic rings. The van der Waals surface area contributed by atoms with E-state index in [0.717, 1.165) is 11.6 Å². The van der Waals surface area contributed by atoms with Gasteiger partial charge in [-0.2, -0.15) is 0 Å². The van der Waals surface area contributed by atoms with E-state index in [0.29, 0.717) is 31.0 Å². The normalized spacial score (nSPS) is 27.4. The molecule has 232 valence electrons. The Labute approximate surface area is 262 Å². The summed E-state index contributed by atoms with van der Waals surface area (Å²) in [5.74, 6) is -0.116. The quantitative estimate of drug-likeness (QED) is 0.167. The predicted octanol–water partition coefficient (Wildman–Crippen LogP) is 8.75. The van der Waals surface area contributed by atoms with Crippen molar-refractivity contribution in [1.82, 2.24) is 0 Å². The lowest BCUT2D eigenvalue weighted by molar-refractivity contribution is -0.0309. The summed E-state index contributed by atoms with van der Waals surface area (Å²) < 4.78 is 19.0. The third kappa shape index (κ3) is 6.06. The minimum absolute atomic E-state index is 0.132. The van der Waals surface area contributed by atoms with Gasteiger partial charge < -0.3 is 14.2 Å². The molecule has 3 aromatic carbocycles. The van der Waals surface area contributed by atoms with Gasteiger partial charge in [-0.25, -0.2) is 9.59 Å². The Morgan fingerprint density at radius 3 is 1.95 bits per heavy atom. The summed E-state index contributed by atoms with van der Waals surface area (Å²) in [6, 6.07) is 29.6. The van der Waals surface area contributed by atoms with Crippen molar-refractivity contribution in [2.75, 3.05) is 17.2 Å². The van der Waals surface area contributed by atoms with Crippen LogP contribution in [0.5, 0.6) is 0 Å². The van der Waals surface area contributed by atoms with Crippen molar-refractivity contribution in [3.63, 3.8) is 0 Å². The first-order chi connectivity index (χ1) is 21.1. The van der Waals surface area contributed by atoms with Gasteiger partial charge in [-0.1, -0.05) is 99.7 Å². The second-order valence-electron chi connectivity index (χ2n) is 13.0. The predicted molar refractivity (Wildman–Crippen MR) is 177 cm³/mol. The molecule has 0 radical (unpaired) electrons. The molecule has 6 atom stereocenters. The Bertz CT molecular complexity index is 1440. The molecule has 0 saturated heterocycles. The topological polar surface area (TPSA) is 85.9 Å². The summed E-state index contributed by atoms with van der Waals surface area (Å²) >= 11 is 0. The van der Waals surface area contributed by atoms with Gasteiger partial charge in [-0.3, -0.25) is 10.6 Å². The van der Waals surface area contributed by atoms with Crippen LogP contribution in [-0.4, -0.2) is 39.1 Å². The molecule has 2 N–H and O–H groups in total. The van der Waals surface area contributed by atoms with Gasteiger partial charge in [0.05, 0.1) is 21.3 Å². The Kier molecular flexibility index (Phi) is 9.32. The number of nitrogens with one attached hydrogen (secondary N) is 2. The van der Waals surface area contributed by atoms with Crippen molar-refractivity contribution >= 4 is 31.6 Å². The second kappa shape index (κ2) is 13.0. The molecule has 0 heterocycles. The second-order valence-corrected chi connectivity index (χ2v) is 18.0. The fraction of sp³-hybridized carbons (Fsp3) is 0.389.